The van der Waals surface area contributed by atoms with Crippen molar-refractivity contribution in [3.05, 3.63) is 70.0 Å². The highest BCUT2D eigenvalue weighted by atomic mass is 35.5. The van der Waals surface area contributed by atoms with Crippen LogP contribution in [0.5, 0.6) is 0 Å². The molecule has 2 aromatic carbocycles. The molecular formula is C17H20ClFN2. The highest BCUT2D eigenvalue weighted by Crippen LogP contribution is 2.25. The van der Waals surface area contributed by atoms with Gasteiger partial charge in [-0.15, -0.1) is 0 Å². The first-order chi connectivity index (χ1) is 10.0. The van der Waals surface area contributed by atoms with Gasteiger partial charge in [-0.3, -0.25) is 4.90 Å². The molecule has 0 aliphatic carbocycles. The second-order valence-electron chi connectivity index (χ2n) is 5.31. The van der Waals surface area contributed by atoms with E-state index in [9.17, 15) is 4.39 Å². The van der Waals surface area contributed by atoms with Crippen LogP contribution in [0.4, 0.5) is 4.39 Å². The summed E-state index contributed by atoms with van der Waals surface area (Å²) in [5, 5.41) is 0.741. The van der Waals surface area contributed by atoms with E-state index in [2.05, 4.69) is 4.90 Å². The summed E-state index contributed by atoms with van der Waals surface area (Å²) in [6, 6.07) is 12.7. The Hall–Kier alpha value is -1.42. The van der Waals surface area contributed by atoms with Crippen LogP contribution in [0.1, 0.15) is 22.7 Å². The fraction of sp³-hybridized carbons (Fsp3) is 0.294. The zero-order valence-corrected chi connectivity index (χ0v) is 13.1. The molecule has 2 N–H and O–H groups in total. The Kier molecular flexibility index (Phi) is 5.34. The molecule has 0 aliphatic rings. The third-order valence-corrected chi connectivity index (χ3v) is 4.06. The Balaban J connectivity index is 2.18. The minimum absolute atomic E-state index is 0.0476. The molecule has 0 radical (unpaired) electrons. The first-order valence-corrected chi connectivity index (χ1v) is 7.30. The molecule has 0 saturated heterocycles. The molecule has 0 aromatic heterocycles. The van der Waals surface area contributed by atoms with Gasteiger partial charge < -0.3 is 5.73 Å². The lowest BCUT2D eigenvalue weighted by atomic mass is 10.0. The number of nitrogens with zero attached hydrogens (tertiary/aromatic N) is 1. The van der Waals surface area contributed by atoms with Crippen LogP contribution in [0.2, 0.25) is 5.02 Å². The van der Waals surface area contributed by atoms with Crippen molar-refractivity contribution in [1.29, 1.82) is 0 Å². The molecule has 2 nitrogen and oxygen atoms in total. The van der Waals surface area contributed by atoms with Crippen molar-refractivity contribution in [1.82, 2.24) is 4.90 Å². The molecule has 0 aliphatic heterocycles. The number of benzene rings is 2. The molecule has 0 saturated carbocycles. The summed E-state index contributed by atoms with van der Waals surface area (Å²) in [5.74, 6) is -0.219. The van der Waals surface area contributed by atoms with Gasteiger partial charge in [0, 0.05) is 24.2 Å². The van der Waals surface area contributed by atoms with Gasteiger partial charge in [0.25, 0.3) is 0 Å². The van der Waals surface area contributed by atoms with E-state index in [-0.39, 0.29) is 11.9 Å². The van der Waals surface area contributed by atoms with Gasteiger partial charge in [0.1, 0.15) is 5.82 Å². The van der Waals surface area contributed by atoms with Crippen molar-refractivity contribution in [2.24, 2.45) is 5.73 Å². The number of hydrogen-bond donors (Lipinski definition) is 1. The second kappa shape index (κ2) is 7.03. The highest BCUT2D eigenvalue weighted by Gasteiger charge is 2.16. The monoisotopic (exact) mass is 306 g/mol. The van der Waals surface area contributed by atoms with Crippen molar-refractivity contribution in [3.63, 3.8) is 0 Å². The van der Waals surface area contributed by atoms with Crippen LogP contribution in [0.15, 0.2) is 42.5 Å². The van der Waals surface area contributed by atoms with Crippen molar-refractivity contribution in [2.75, 3.05) is 13.6 Å². The van der Waals surface area contributed by atoms with Crippen molar-refractivity contribution >= 4 is 11.6 Å². The van der Waals surface area contributed by atoms with Gasteiger partial charge in [0.15, 0.2) is 0 Å². The molecule has 0 amide bonds. The lowest BCUT2D eigenvalue weighted by Crippen LogP contribution is -2.30. The predicted octanol–water partition coefficient (Wildman–Crippen LogP) is 3.92. The van der Waals surface area contributed by atoms with Gasteiger partial charge >= 0.3 is 0 Å². The van der Waals surface area contributed by atoms with E-state index >= 15 is 0 Å². The number of rotatable bonds is 5. The molecule has 2 aromatic rings. The van der Waals surface area contributed by atoms with E-state index in [0.717, 1.165) is 21.7 Å². The molecule has 2 rings (SSSR count). The minimum atomic E-state index is -0.219. The topological polar surface area (TPSA) is 29.3 Å². The summed E-state index contributed by atoms with van der Waals surface area (Å²) in [5.41, 5.74) is 8.96. The first kappa shape index (κ1) is 16.0. The van der Waals surface area contributed by atoms with Crippen molar-refractivity contribution < 1.29 is 4.39 Å². The molecule has 0 fully saturated rings. The molecule has 112 valence electrons. The third-order valence-electron chi connectivity index (χ3n) is 3.66. The molecule has 0 heterocycles. The largest absolute Gasteiger partial charge is 0.329 e. The van der Waals surface area contributed by atoms with Gasteiger partial charge in [-0.1, -0.05) is 35.9 Å². The van der Waals surface area contributed by atoms with Crippen LogP contribution < -0.4 is 5.73 Å². The summed E-state index contributed by atoms with van der Waals surface area (Å²) in [4.78, 5) is 2.11. The number of nitrogens with two attached hydrogens (primary N) is 1. The summed E-state index contributed by atoms with van der Waals surface area (Å²) in [7, 11) is 1.98. The molecule has 1 unspecified atom stereocenters. The van der Waals surface area contributed by atoms with Crippen LogP contribution in [0, 0.1) is 12.7 Å². The maximum Gasteiger partial charge on any atom is 0.123 e. The van der Waals surface area contributed by atoms with Gasteiger partial charge in [-0.2, -0.15) is 0 Å². The molecular weight excluding hydrogens is 287 g/mol. The summed E-state index contributed by atoms with van der Waals surface area (Å²) in [6.45, 7) is 3.08. The number of halogens is 2. The zero-order valence-electron chi connectivity index (χ0n) is 12.3. The lowest BCUT2D eigenvalue weighted by Gasteiger charge is -2.27. The van der Waals surface area contributed by atoms with E-state index in [4.69, 9.17) is 17.3 Å². The molecule has 0 bridgehead atoms. The summed E-state index contributed by atoms with van der Waals surface area (Å²) >= 11 is 6.19. The average Bonchev–Trinajstić information content (AvgIpc) is 2.43. The number of aryl methyl sites for hydroxylation is 1. The Morgan fingerprint density at radius 3 is 2.62 bits per heavy atom. The van der Waals surface area contributed by atoms with Crippen molar-refractivity contribution in [3.8, 4) is 0 Å². The van der Waals surface area contributed by atoms with Gasteiger partial charge in [0.2, 0.25) is 0 Å². The van der Waals surface area contributed by atoms with Gasteiger partial charge in [0.05, 0.1) is 0 Å². The van der Waals surface area contributed by atoms with Crippen molar-refractivity contribution in [2.45, 2.75) is 19.5 Å². The predicted molar refractivity (Wildman–Crippen MR) is 85.9 cm³/mol. The SMILES string of the molecule is Cc1ccc(C(CN)N(C)Cc2cccc(F)c2)cc1Cl. The van der Waals surface area contributed by atoms with E-state index < -0.39 is 0 Å². The Morgan fingerprint density at radius 1 is 1.24 bits per heavy atom. The Morgan fingerprint density at radius 2 is 2.00 bits per heavy atom. The normalized spacial score (nSPS) is 12.7. The van der Waals surface area contributed by atoms with E-state index in [0.29, 0.717) is 13.1 Å². The fourth-order valence-corrected chi connectivity index (χ4v) is 2.61. The fourth-order valence-electron chi connectivity index (χ4n) is 2.42. The van der Waals surface area contributed by atoms with Gasteiger partial charge in [-0.05, 0) is 48.9 Å². The number of likely N-dealkylation sites (N-methyl/N-ethyl adjacent to an activating group) is 1. The standard InChI is InChI=1S/C17H20ClFN2/c1-12-6-7-14(9-16(12)18)17(10-20)21(2)11-13-4-3-5-15(19)8-13/h3-9,17H,10-11,20H2,1-2H3. The van der Waals surface area contributed by atoms with Crippen LogP contribution >= 0.6 is 11.6 Å². The van der Waals surface area contributed by atoms with Crippen LogP contribution in [0.25, 0.3) is 0 Å². The third kappa shape index (κ3) is 4.03. The summed E-state index contributed by atoms with van der Waals surface area (Å²) < 4.78 is 13.3. The lowest BCUT2D eigenvalue weighted by molar-refractivity contribution is 0.241. The quantitative estimate of drug-likeness (QED) is 0.907. The average molecular weight is 307 g/mol. The molecule has 1 atom stereocenters. The Labute approximate surface area is 130 Å². The molecule has 4 heteroatoms. The van der Waals surface area contributed by atoms with E-state index in [1.165, 1.54) is 6.07 Å². The number of hydrogen-bond acceptors (Lipinski definition) is 2. The van der Waals surface area contributed by atoms with Gasteiger partial charge in [-0.25, -0.2) is 4.39 Å². The first-order valence-electron chi connectivity index (χ1n) is 6.92. The van der Waals surface area contributed by atoms with Crippen LogP contribution in [0.3, 0.4) is 0 Å². The summed E-state index contributed by atoms with van der Waals surface area (Å²) in [6.07, 6.45) is 0. The van der Waals surface area contributed by atoms with E-state index in [1.807, 2.05) is 38.2 Å². The second-order valence-corrected chi connectivity index (χ2v) is 5.71. The molecule has 21 heavy (non-hydrogen) atoms. The minimum Gasteiger partial charge on any atom is -0.329 e. The zero-order chi connectivity index (χ0) is 15.4. The van der Waals surface area contributed by atoms with Crippen LogP contribution in [-0.2, 0) is 6.54 Å². The maximum atomic E-state index is 13.3. The highest BCUT2D eigenvalue weighted by molar-refractivity contribution is 6.31. The maximum absolute atomic E-state index is 13.3. The van der Waals surface area contributed by atoms with E-state index in [1.54, 1.807) is 12.1 Å². The molecule has 0 spiro atoms. The van der Waals surface area contributed by atoms with Crippen LogP contribution in [-0.4, -0.2) is 18.5 Å². The Bertz CT molecular complexity index is 615. The smallest absolute Gasteiger partial charge is 0.123 e.